The zero-order chi connectivity index (χ0) is 11.4. The van der Waals surface area contributed by atoms with Crippen molar-refractivity contribution in [2.75, 3.05) is 0 Å². The van der Waals surface area contributed by atoms with Crippen molar-refractivity contribution in [2.24, 2.45) is 0 Å². The van der Waals surface area contributed by atoms with Crippen LogP contribution in [-0.2, 0) is 4.79 Å². The Morgan fingerprint density at radius 3 is 2.33 bits per heavy atom. The van der Waals surface area contributed by atoms with Gasteiger partial charge in [-0.15, -0.1) is 0 Å². The van der Waals surface area contributed by atoms with E-state index in [-0.39, 0.29) is 11.3 Å². The number of nitro benzene ring substituents is 1. The molecule has 0 saturated heterocycles. The van der Waals surface area contributed by atoms with Gasteiger partial charge in [-0.3, -0.25) is 10.1 Å². The maximum Gasteiger partial charge on any atom is 0.364 e. The summed E-state index contributed by atoms with van der Waals surface area (Å²) in [4.78, 5) is 19.8. The van der Waals surface area contributed by atoms with Crippen molar-refractivity contribution in [3.63, 3.8) is 0 Å². The molecule has 1 aromatic rings. The van der Waals surface area contributed by atoms with E-state index in [9.17, 15) is 19.3 Å². The molecule has 0 radical (unpaired) electrons. The van der Waals surface area contributed by atoms with Crippen LogP contribution in [0.5, 0.6) is 0 Å². The fourth-order valence-electron chi connectivity index (χ4n) is 0.900. The monoisotopic (exact) mass is 211 g/mol. The minimum Gasteiger partial charge on any atom is -0.476 e. The number of carboxylic acid groups (broad SMARTS) is 1. The van der Waals surface area contributed by atoms with Gasteiger partial charge in [-0.1, -0.05) is 0 Å². The van der Waals surface area contributed by atoms with Crippen LogP contribution in [0.4, 0.5) is 10.1 Å². The van der Waals surface area contributed by atoms with Crippen LogP contribution >= 0.6 is 0 Å². The molecule has 0 aliphatic rings. The molecule has 1 aromatic carbocycles. The standard InChI is InChI=1S/C9H6FNO4/c10-8(9(12)13)5-6-1-3-7(4-2-6)11(14)15/h1-5H,(H,12,13). The Balaban J connectivity index is 2.95. The van der Waals surface area contributed by atoms with Gasteiger partial charge in [-0.05, 0) is 23.8 Å². The SMILES string of the molecule is O=C(O)C(F)=Cc1ccc([N+](=O)[O-])cc1. The number of hydrogen-bond acceptors (Lipinski definition) is 3. The molecule has 1 N–H and O–H groups in total. The second-order valence-electron chi connectivity index (χ2n) is 2.65. The van der Waals surface area contributed by atoms with E-state index < -0.39 is 16.7 Å². The van der Waals surface area contributed by atoms with Gasteiger partial charge in [0, 0.05) is 12.1 Å². The predicted molar refractivity (Wildman–Crippen MR) is 49.8 cm³/mol. The van der Waals surface area contributed by atoms with Gasteiger partial charge in [-0.2, -0.15) is 4.39 Å². The third-order valence-corrected chi connectivity index (χ3v) is 1.60. The van der Waals surface area contributed by atoms with Gasteiger partial charge in [0.05, 0.1) is 4.92 Å². The quantitative estimate of drug-likeness (QED) is 0.471. The van der Waals surface area contributed by atoms with Crippen LogP contribution in [-0.4, -0.2) is 16.0 Å². The Morgan fingerprint density at radius 1 is 1.40 bits per heavy atom. The lowest BCUT2D eigenvalue weighted by Gasteiger charge is -1.93. The first-order valence-corrected chi connectivity index (χ1v) is 3.85. The van der Waals surface area contributed by atoms with Crippen LogP contribution < -0.4 is 0 Å². The largest absolute Gasteiger partial charge is 0.476 e. The van der Waals surface area contributed by atoms with Crippen LogP contribution in [0.2, 0.25) is 0 Å². The lowest BCUT2D eigenvalue weighted by Crippen LogP contribution is -1.94. The molecular formula is C9H6FNO4. The maximum atomic E-state index is 12.6. The molecule has 0 spiro atoms. The summed E-state index contributed by atoms with van der Waals surface area (Å²) in [6.07, 6.45) is 0.784. The molecule has 6 heteroatoms. The third kappa shape index (κ3) is 2.87. The van der Waals surface area contributed by atoms with Gasteiger partial charge >= 0.3 is 5.97 Å². The van der Waals surface area contributed by atoms with Gasteiger partial charge in [-0.25, -0.2) is 4.79 Å². The Hall–Kier alpha value is -2.24. The van der Waals surface area contributed by atoms with E-state index in [1.54, 1.807) is 0 Å². The molecule has 0 aliphatic heterocycles. The fraction of sp³-hybridized carbons (Fsp3) is 0. The van der Waals surface area contributed by atoms with Crippen molar-refractivity contribution in [3.8, 4) is 0 Å². The Bertz CT molecular complexity index is 424. The summed E-state index contributed by atoms with van der Waals surface area (Å²) in [5.74, 6) is -2.99. The van der Waals surface area contributed by atoms with Crippen molar-refractivity contribution >= 4 is 17.7 Å². The molecule has 0 bridgehead atoms. The van der Waals surface area contributed by atoms with E-state index >= 15 is 0 Å². The molecule has 15 heavy (non-hydrogen) atoms. The minimum atomic E-state index is -1.67. The molecule has 0 atom stereocenters. The first kappa shape index (κ1) is 10.8. The highest BCUT2D eigenvalue weighted by molar-refractivity contribution is 5.89. The van der Waals surface area contributed by atoms with Crippen molar-refractivity contribution < 1.29 is 19.2 Å². The van der Waals surface area contributed by atoms with Crippen LogP contribution in [0.25, 0.3) is 6.08 Å². The summed E-state index contributed by atoms with van der Waals surface area (Å²) in [5, 5.41) is 18.5. The number of nitro groups is 1. The molecule has 0 aliphatic carbocycles. The Labute approximate surface area is 83.6 Å². The lowest BCUT2D eigenvalue weighted by atomic mass is 10.2. The molecule has 78 valence electrons. The zero-order valence-corrected chi connectivity index (χ0v) is 7.38. The topological polar surface area (TPSA) is 80.4 Å². The molecular weight excluding hydrogens is 205 g/mol. The van der Waals surface area contributed by atoms with E-state index in [0.29, 0.717) is 0 Å². The molecule has 0 unspecified atom stereocenters. The molecule has 0 amide bonds. The number of hydrogen-bond donors (Lipinski definition) is 1. The lowest BCUT2D eigenvalue weighted by molar-refractivity contribution is -0.384. The second-order valence-corrected chi connectivity index (χ2v) is 2.65. The van der Waals surface area contributed by atoms with E-state index in [2.05, 4.69) is 0 Å². The summed E-state index contributed by atoms with van der Waals surface area (Å²) in [6.45, 7) is 0. The highest BCUT2D eigenvalue weighted by Gasteiger charge is 2.06. The number of carbonyl (C=O) groups is 1. The maximum absolute atomic E-state index is 12.6. The normalized spacial score (nSPS) is 11.1. The Morgan fingerprint density at radius 2 is 1.93 bits per heavy atom. The summed E-state index contributed by atoms with van der Waals surface area (Å²) < 4.78 is 12.6. The van der Waals surface area contributed by atoms with E-state index in [4.69, 9.17) is 5.11 Å². The van der Waals surface area contributed by atoms with Crippen LogP contribution in [0.3, 0.4) is 0 Å². The molecule has 5 nitrogen and oxygen atoms in total. The van der Waals surface area contributed by atoms with Gasteiger partial charge in [0.15, 0.2) is 0 Å². The minimum absolute atomic E-state index is 0.136. The number of nitrogens with zero attached hydrogens (tertiary/aromatic N) is 1. The number of rotatable bonds is 3. The summed E-state index contributed by atoms with van der Waals surface area (Å²) in [6, 6.07) is 4.86. The number of aliphatic carboxylic acids is 1. The van der Waals surface area contributed by atoms with Gasteiger partial charge in [0.2, 0.25) is 5.83 Å². The first-order chi connectivity index (χ1) is 7.00. The molecule has 0 heterocycles. The summed E-state index contributed by atoms with van der Waals surface area (Å²) >= 11 is 0. The first-order valence-electron chi connectivity index (χ1n) is 3.85. The average Bonchev–Trinajstić information content (AvgIpc) is 2.18. The average molecular weight is 211 g/mol. The summed E-state index contributed by atoms with van der Waals surface area (Å²) in [7, 11) is 0. The molecule has 0 fully saturated rings. The van der Waals surface area contributed by atoms with Crippen LogP contribution in [0, 0.1) is 10.1 Å². The molecule has 1 rings (SSSR count). The zero-order valence-electron chi connectivity index (χ0n) is 7.38. The van der Waals surface area contributed by atoms with Crippen molar-refractivity contribution in [1.82, 2.24) is 0 Å². The van der Waals surface area contributed by atoms with Gasteiger partial charge in [0.1, 0.15) is 0 Å². The van der Waals surface area contributed by atoms with Crippen molar-refractivity contribution in [3.05, 3.63) is 45.8 Å². The van der Waals surface area contributed by atoms with E-state index in [1.807, 2.05) is 0 Å². The number of carboxylic acids is 1. The van der Waals surface area contributed by atoms with E-state index in [1.165, 1.54) is 24.3 Å². The van der Waals surface area contributed by atoms with Crippen LogP contribution in [0.15, 0.2) is 30.1 Å². The van der Waals surface area contributed by atoms with Crippen molar-refractivity contribution in [2.45, 2.75) is 0 Å². The molecule has 0 saturated carbocycles. The number of halogens is 1. The Kier molecular flexibility index (Phi) is 3.12. The van der Waals surface area contributed by atoms with Crippen molar-refractivity contribution in [1.29, 1.82) is 0 Å². The van der Waals surface area contributed by atoms with Crippen LogP contribution in [0.1, 0.15) is 5.56 Å². The second kappa shape index (κ2) is 4.32. The van der Waals surface area contributed by atoms with E-state index in [0.717, 1.165) is 6.08 Å². The smallest absolute Gasteiger partial charge is 0.364 e. The fourth-order valence-corrected chi connectivity index (χ4v) is 0.900. The molecule has 0 aromatic heterocycles. The van der Waals surface area contributed by atoms with Gasteiger partial charge in [0.25, 0.3) is 5.69 Å². The highest BCUT2D eigenvalue weighted by Crippen LogP contribution is 2.14. The van der Waals surface area contributed by atoms with Gasteiger partial charge < -0.3 is 5.11 Å². The number of benzene rings is 1. The summed E-state index contributed by atoms with van der Waals surface area (Å²) in [5.41, 5.74) is 0.114. The number of non-ortho nitro benzene ring substituents is 1. The predicted octanol–water partition coefficient (Wildman–Crippen LogP) is 1.99. The third-order valence-electron chi connectivity index (χ3n) is 1.60. The highest BCUT2D eigenvalue weighted by atomic mass is 19.1.